The lowest BCUT2D eigenvalue weighted by Gasteiger charge is -2.18. The Kier molecular flexibility index (Phi) is 5.50. The number of benzene rings is 1. The van der Waals surface area contributed by atoms with Crippen LogP contribution >= 0.6 is 15.9 Å². The molecule has 1 aromatic carbocycles. The molecular weight excluding hydrogens is 310 g/mol. The van der Waals surface area contributed by atoms with Gasteiger partial charge in [-0.05, 0) is 46.5 Å². The minimum Gasteiger partial charge on any atom is -0.348 e. The van der Waals surface area contributed by atoms with Crippen molar-refractivity contribution in [3.63, 3.8) is 0 Å². The van der Waals surface area contributed by atoms with E-state index in [9.17, 15) is 9.59 Å². The summed E-state index contributed by atoms with van der Waals surface area (Å²) >= 11 is 3.37. The first-order chi connectivity index (χ1) is 8.88. The van der Waals surface area contributed by atoms with Crippen molar-refractivity contribution in [3.05, 3.63) is 28.2 Å². The van der Waals surface area contributed by atoms with E-state index in [1.165, 1.54) is 0 Å². The fraction of sp³-hybridized carbons (Fsp3) is 0.385. The van der Waals surface area contributed by atoms with Crippen molar-refractivity contribution in [2.75, 3.05) is 11.6 Å². The molecule has 0 spiro atoms. The number of halogens is 1. The van der Waals surface area contributed by atoms with E-state index in [4.69, 9.17) is 5.84 Å². The Bertz CT molecular complexity index is 489. The van der Waals surface area contributed by atoms with Crippen molar-refractivity contribution < 1.29 is 9.59 Å². The third kappa shape index (κ3) is 3.78. The molecule has 0 aliphatic rings. The first kappa shape index (κ1) is 15.7. The first-order valence-corrected chi connectivity index (χ1v) is 6.84. The molecule has 0 radical (unpaired) electrons. The van der Waals surface area contributed by atoms with Gasteiger partial charge in [0.25, 0.3) is 0 Å². The number of hydrogen-bond donors (Lipinski definition) is 2. The van der Waals surface area contributed by atoms with Crippen molar-refractivity contribution in [1.82, 2.24) is 5.32 Å². The average Bonchev–Trinajstić information content (AvgIpc) is 2.37. The van der Waals surface area contributed by atoms with E-state index in [1.807, 2.05) is 12.1 Å². The van der Waals surface area contributed by atoms with Crippen LogP contribution in [0.25, 0.3) is 0 Å². The number of hydrogen-bond acceptors (Lipinski definition) is 3. The lowest BCUT2D eigenvalue weighted by atomic mass is 10.0. The molecule has 0 unspecified atom stereocenters. The number of nitrogens with zero attached hydrogens (tertiary/aromatic N) is 1. The number of carbonyl (C=O) groups is 2. The Morgan fingerprint density at radius 1 is 1.42 bits per heavy atom. The van der Waals surface area contributed by atoms with Gasteiger partial charge in [0.05, 0.1) is 5.69 Å². The van der Waals surface area contributed by atoms with Gasteiger partial charge in [0.2, 0.25) is 0 Å². The Hall–Kier alpha value is -1.40. The number of nitrogens with two attached hydrogens (primary N) is 1. The predicted octanol–water partition coefficient (Wildman–Crippen LogP) is 1.92. The summed E-state index contributed by atoms with van der Waals surface area (Å²) < 4.78 is 0.679. The zero-order chi connectivity index (χ0) is 14.6. The van der Waals surface area contributed by atoms with Gasteiger partial charge in [0.15, 0.2) is 0 Å². The van der Waals surface area contributed by atoms with Crippen LogP contribution in [0.5, 0.6) is 0 Å². The molecule has 0 atom stereocenters. The number of hydrazine groups is 1. The highest BCUT2D eigenvalue weighted by Gasteiger charge is 2.21. The minimum absolute atomic E-state index is 0.371. The van der Waals surface area contributed by atoms with Gasteiger partial charge >= 0.3 is 11.8 Å². The first-order valence-electron chi connectivity index (χ1n) is 6.04. The number of rotatable bonds is 3. The fourth-order valence-corrected chi connectivity index (χ4v) is 2.12. The molecule has 1 rings (SSSR count). The van der Waals surface area contributed by atoms with Crippen molar-refractivity contribution in [2.45, 2.75) is 26.7 Å². The van der Waals surface area contributed by atoms with E-state index >= 15 is 0 Å². The SMILES string of the molecule is CCNC(=O)C(=O)N(N)c1ccc(C(C)C)cc1Br. The van der Waals surface area contributed by atoms with E-state index in [1.54, 1.807) is 13.0 Å². The molecular formula is C13H18BrN3O2. The van der Waals surface area contributed by atoms with Crippen LogP contribution in [0.3, 0.4) is 0 Å². The summed E-state index contributed by atoms with van der Waals surface area (Å²) in [6.45, 7) is 6.26. The number of amides is 2. The molecule has 104 valence electrons. The molecule has 0 bridgehead atoms. The Labute approximate surface area is 121 Å². The number of carbonyl (C=O) groups excluding carboxylic acids is 2. The van der Waals surface area contributed by atoms with Crippen molar-refractivity contribution in [3.8, 4) is 0 Å². The van der Waals surface area contributed by atoms with Gasteiger partial charge in [-0.1, -0.05) is 19.9 Å². The Balaban J connectivity index is 2.97. The van der Waals surface area contributed by atoms with E-state index in [0.717, 1.165) is 10.6 Å². The van der Waals surface area contributed by atoms with Gasteiger partial charge in [0.1, 0.15) is 0 Å². The van der Waals surface area contributed by atoms with Gasteiger partial charge in [-0.2, -0.15) is 0 Å². The maximum absolute atomic E-state index is 11.8. The van der Waals surface area contributed by atoms with Crippen LogP contribution in [-0.4, -0.2) is 18.4 Å². The predicted molar refractivity (Wildman–Crippen MR) is 78.6 cm³/mol. The molecule has 1 aromatic rings. The molecule has 5 nitrogen and oxygen atoms in total. The lowest BCUT2D eigenvalue weighted by Crippen LogP contribution is -2.47. The van der Waals surface area contributed by atoms with Crippen LogP contribution in [0.15, 0.2) is 22.7 Å². The highest BCUT2D eigenvalue weighted by molar-refractivity contribution is 9.10. The van der Waals surface area contributed by atoms with Crippen LogP contribution in [0, 0.1) is 0 Å². The van der Waals surface area contributed by atoms with Crippen molar-refractivity contribution in [1.29, 1.82) is 0 Å². The second kappa shape index (κ2) is 6.68. The second-order valence-electron chi connectivity index (χ2n) is 4.40. The molecule has 0 aliphatic heterocycles. The van der Waals surface area contributed by atoms with E-state index in [-0.39, 0.29) is 0 Å². The zero-order valence-corrected chi connectivity index (χ0v) is 12.8. The number of anilines is 1. The quantitative estimate of drug-likeness (QED) is 0.385. The van der Waals surface area contributed by atoms with Gasteiger partial charge in [0, 0.05) is 11.0 Å². The van der Waals surface area contributed by atoms with Crippen LogP contribution in [0.4, 0.5) is 5.69 Å². The van der Waals surface area contributed by atoms with Crippen molar-refractivity contribution >= 4 is 33.4 Å². The highest BCUT2D eigenvalue weighted by atomic mass is 79.9. The molecule has 0 saturated heterocycles. The summed E-state index contributed by atoms with van der Waals surface area (Å²) in [4.78, 5) is 23.2. The molecule has 0 aromatic heterocycles. The molecule has 2 amide bonds. The summed E-state index contributed by atoms with van der Waals surface area (Å²) in [7, 11) is 0. The standard InChI is InChI=1S/C13H18BrN3O2/c1-4-16-12(18)13(19)17(15)11-6-5-9(8(2)3)7-10(11)14/h5-8H,4,15H2,1-3H3,(H,16,18). The number of likely N-dealkylation sites (N-methyl/N-ethyl adjacent to an activating group) is 1. The number of nitrogens with one attached hydrogen (secondary N) is 1. The van der Waals surface area contributed by atoms with Crippen molar-refractivity contribution in [2.24, 2.45) is 5.84 Å². The van der Waals surface area contributed by atoms with Crippen LogP contribution in [0.1, 0.15) is 32.3 Å². The molecule has 0 saturated carbocycles. The molecule has 19 heavy (non-hydrogen) atoms. The smallest absolute Gasteiger partial charge is 0.330 e. The van der Waals surface area contributed by atoms with E-state index in [0.29, 0.717) is 22.6 Å². The molecule has 0 fully saturated rings. The Morgan fingerprint density at radius 3 is 2.53 bits per heavy atom. The van der Waals surface area contributed by atoms with Gasteiger partial charge in [-0.3, -0.25) is 9.59 Å². The largest absolute Gasteiger partial charge is 0.348 e. The zero-order valence-electron chi connectivity index (χ0n) is 11.2. The maximum atomic E-state index is 11.8. The molecule has 0 aliphatic carbocycles. The summed E-state index contributed by atoms with van der Waals surface area (Å²) in [5.74, 6) is 4.55. The fourth-order valence-electron chi connectivity index (χ4n) is 1.53. The van der Waals surface area contributed by atoms with E-state index in [2.05, 4.69) is 35.1 Å². The highest BCUT2D eigenvalue weighted by Crippen LogP contribution is 2.28. The summed E-state index contributed by atoms with van der Waals surface area (Å²) in [5.41, 5.74) is 1.58. The van der Waals surface area contributed by atoms with Crippen LogP contribution in [-0.2, 0) is 9.59 Å². The monoisotopic (exact) mass is 327 g/mol. The van der Waals surface area contributed by atoms with Gasteiger partial charge < -0.3 is 5.32 Å². The summed E-state index contributed by atoms with van der Waals surface area (Å²) in [5, 5.41) is 3.27. The lowest BCUT2D eigenvalue weighted by molar-refractivity contribution is -0.137. The average molecular weight is 328 g/mol. The summed E-state index contributed by atoms with van der Waals surface area (Å²) in [6, 6.07) is 5.50. The maximum Gasteiger partial charge on any atom is 0.330 e. The van der Waals surface area contributed by atoms with Gasteiger partial charge in [-0.25, -0.2) is 10.9 Å². The third-order valence-electron chi connectivity index (χ3n) is 2.65. The molecule has 3 N–H and O–H groups in total. The Morgan fingerprint density at radius 2 is 2.05 bits per heavy atom. The van der Waals surface area contributed by atoms with Crippen LogP contribution in [0.2, 0.25) is 0 Å². The molecule has 6 heteroatoms. The van der Waals surface area contributed by atoms with Gasteiger partial charge in [-0.15, -0.1) is 0 Å². The summed E-state index contributed by atoms with van der Waals surface area (Å²) in [6.07, 6.45) is 0. The second-order valence-corrected chi connectivity index (χ2v) is 5.25. The van der Waals surface area contributed by atoms with E-state index < -0.39 is 11.8 Å². The minimum atomic E-state index is -0.792. The molecule has 0 heterocycles. The topological polar surface area (TPSA) is 75.4 Å². The normalized spacial score (nSPS) is 10.4. The third-order valence-corrected chi connectivity index (χ3v) is 3.28. The van der Waals surface area contributed by atoms with Crippen LogP contribution < -0.4 is 16.2 Å².